The number of phenols is 1. The lowest BCUT2D eigenvalue weighted by Gasteiger charge is -2.33. The summed E-state index contributed by atoms with van der Waals surface area (Å²) in [5.74, 6) is 1.42. The number of phenolic OH excluding ortho intramolecular Hbond substituents is 1. The fourth-order valence-electron chi connectivity index (χ4n) is 4.62. The van der Waals surface area contributed by atoms with E-state index in [0.29, 0.717) is 16.4 Å². The van der Waals surface area contributed by atoms with Crippen LogP contribution in [-0.2, 0) is 16.6 Å². The lowest BCUT2D eigenvalue weighted by molar-refractivity contribution is 0.203. The quantitative estimate of drug-likeness (QED) is 0.429. The van der Waals surface area contributed by atoms with E-state index in [1.54, 1.807) is 12.1 Å². The highest BCUT2D eigenvalue weighted by Gasteiger charge is 2.27. The van der Waals surface area contributed by atoms with Crippen LogP contribution in [0.2, 0.25) is 0 Å². The van der Waals surface area contributed by atoms with E-state index in [1.807, 2.05) is 75.4 Å². The van der Waals surface area contributed by atoms with Crippen molar-refractivity contribution in [1.82, 2.24) is 9.62 Å². The van der Waals surface area contributed by atoms with Crippen molar-refractivity contribution in [3.63, 3.8) is 0 Å². The number of hydrogen-bond donors (Lipinski definition) is 2. The maximum atomic E-state index is 13.0. The summed E-state index contributed by atoms with van der Waals surface area (Å²) in [5.41, 5.74) is 3.05. The van der Waals surface area contributed by atoms with Crippen molar-refractivity contribution in [3.8, 4) is 17.2 Å². The number of rotatable bonds is 8. The van der Waals surface area contributed by atoms with Crippen LogP contribution in [-0.4, -0.2) is 37.6 Å². The molecule has 1 heterocycles. The van der Waals surface area contributed by atoms with Gasteiger partial charge in [-0.05, 0) is 94.1 Å². The first-order valence-corrected chi connectivity index (χ1v) is 13.6. The lowest BCUT2D eigenvalue weighted by Crippen LogP contribution is -2.34. The van der Waals surface area contributed by atoms with Crippen LogP contribution in [0.4, 0.5) is 0 Å². The number of piperidine rings is 1. The number of nitrogens with zero attached hydrogens (tertiary/aromatic N) is 1. The lowest BCUT2D eigenvalue weighted by atomic mass is 9.88. The van der Waals surface area contributed by atoms with E-state index < -0.39 is 10.0 Å². The molecule has 0 aromatic heterocycles. The van der Waals surface area contributed by atoms with E-state index >= 15 is 0 Å². The van der Waals surface area contributed by atoms with Gasteiger partial charge in [-0.1, -0.05) is 42.0 Å². The van der Waals surface area contributed by atoms with Crippen LogP contribution in [0, 0.1) is 6.92 Å². The van der Waals surface area contributed by atoms with Crippen LogP contribution in [0.15, 0.2) is 71.6 Å². The van der Waals surface area contributed by atoms with Crippen LogP contribution in [0.5, 0.6) is 17.2 Å². The SMILES string of the molecule is Cc1ccc(S(=O)(=O)NC(C)C)c(C2CCN(Cc3ccc(O)c(Oc4ccccc4)c3)CC2)c1. The molecule has 0 spiro atoms. The van der Waals surface area contributed by atoms with Crippen LogP contribution in [0.3, 0.4) is 0 Å². The topological polar surface area (TPSA) is 78.9 Å². The van der Waals surface area contributed by atoms with Gasteiger partial charge in [0.1, 0.15) is 5.75 Å². The molecule has 0 saturated carbocycles. The number of nitrogens with one attached hydrogen (secondary N) is 1. The largest absolute Gasteiger partial charge is 0.504 e. The zero-order valence-corrected chi connectivity index (χ0v) is 21.4. The summed E-state index contributed by atoms with van der Waals surface area (Å²) in [6.45, 7) is 8.15. The van der Waals surface area contributed by atoms with Crippen molar-refractivity contribution < 1.29 is 18.3 Å². The van der Waals surface area contributed by atoms with Gasteiger partial charge in [0.05, 0.1) is 4.90 Å². The zero-order valence-electron chi connectivity index (χ0n) is 20.6. The molecule has 0 bridgehead atoms. The van der Waals surface area contributed by atoms with Gasteiger partial charge in [-0.15, -0.1) is 0 Å². The molecule has 35 heavy (non-hydrogen) atoms. The molecule has 2 N–H and O–H groups in total. The minimum Gasteiger partial charge on any atom is -0.504 e. The summed E-state index contributed by atoms with van der Waals surface area (Å²) in [5, 5.41) is 10.2. The van der Waals surface area contributed by atoms with Gasteiger partial charge in [0.15, 0.2) is 11.5 Å². The molecule has 1 saturated heterocycles. The van der Waals surface area contributed by atoms with Gasteiger partial charge in [-0.25, -0.2) is 13.1 Å². The summed E-state index contributed by atoms with van der Waals surface area (Å²) >= 11 is 0. The maximum Gasteiger partial charge on any atom is 0.241 e. The smallest absolute Gasteiger partial charge is 0.241 e. The number of sulfonamides is 1. The van der Waals surface area contributed by atoms with E-state index in [1.165, 1.54) is 0 Å². The Morgan fingerprint density at radius 2 is 1.74 bits per heavy atom. The number of ether oxygens (including phenoxy) is 1. The molecular weight excluding hydrogens is 460 g/mol. The van der Waals surface area contributed by atoms with Crippen LogP contribution in [0.1, 0.15) is 49.3 Å². The van der Waals surface area contributed by atoms with Gasteiger partial charge >= 0.3 is 0 Å². The van der Waals surface area contributed by atoms with Gasteiger partial charge < -0.3 is 9.84 Å². The Morgan fingerprint density at radius 1 is 1.03 bits per heavy atom. The Balaban J connectivity index is 1.44. The number of hydrogen-bond acceptors (Lipinski definition) is 5. The maximum absolute atomic E-state index is 13.0. The Bertz CT molecular complexity index is 1250. The monoisotopic (exact) mass is 494 g/mol. The van der Waals surface area contributed by atoms with Crippen LogP contribution < -0.4 is 9.46 Å². The summed E-state index contributed by atoms with van der Waals surface area (Å²) < 4.78 is 34.5. The molecule has 0 unspecified atom stereocenters. The van der Waals surface area contributed by atoms with Crippen molar-refractivity contribution in [2.75, 3.05) is 13.1 Å². The minimum absolute atomic E-state index is 0.111. The molecule has 0 aliphatic carbocycles. The van der Waals surface area contributed by atoms with Gasteiger partial charge in [-0.2, -0.15) is 0 Å². The van der Waals surface area contributed by atoms with Gasteiger partial charge in [-0.3, -0.25) is 4.90 Å². The highest BCUT2D eigenvalue weighted by Crippen LogP contribution is 2.35. The standard InChI is InChI=1S/C28H34N2O4S/c1-20(2)29-35(32,33)28-12-9-21(3)17-25(28)23-13-15-30(16-14-23)19-22-10-11-26(31)27(18-22)34-24-7-5-4-6-8-24/h4-12,17-18,20,23,29,31H,13-16,19H2,1-3H3. The van der Waals surface area contributed by atoms with Crippen molar-refractivity contribution in [2.45, 2.75) is 57.0 Å². The van der Waals surface area contributed by atoms with E-state index in [-0.39, 0.29) is 17.7 Å². The molecule has 7 heteroatoms. The third kappa shape index (κ3) is 6.42. The third-order valence-electron chi connectivity index (χ3n) is 6.27. The van der Waals surface area contributed by atoms with E-state index in [9.17, 15) is 13.5 Å². The summed E-state index contributed by atoms with van der Waals surface area (Å²) in [7, 11) is -3.55. The predicted molar refractivity (Wildman–Crippen MR) is 139 cm³/mol. The Labute approximate surface area is 208 Å². The molecule has 186 valence electrons. The van der Waals surface area contributed by atoms with E-state index in [2.05, 4.69) is 9.62 Å². The molecule has 0 amide bonds. The second-order valence-electron chi connectivity index (χ2n) is 9.58. The van der Waals surface area contributed by atoms with Crippen molar-refractivity contribution in [1.29, 1.82) is 0 Å². The average molecular weight is 495 g/mol. The molecular formula is C28H34N2O4S. The molecule has 0 atom stereocenters. The first kappa shape index (κ1) is 25.2. The number of likely N-dealkylation sites (tertiary alicyclic amines) is 1. The predicted octanol–water partition coefficient (Wildman–Crippen LogP) is 5.56. The number of aryl methyl sites for hydroxylation is 1. The highest BCUT2D eigenvalue weighted by molar-refractivity contribution is 7.89. The first-order chi connectivity index (χ1) is 16.7. The fraction of sp³-hybridized carbons (Fsp3) is 0.357. The van der Waals surface area contributed by atoms with Crippen LogP contribution in [0.25, 0.3) is 0 Å². The van der Waals surface area contributed by atoms with Gasteiger partial charge in [0.2, 0.25) is 10.0 Å². The molecule has 0 radical (unpaired) electrons. The van der Waals surface area contributed by atoms with Crippen molar-refractivity contribution in [3.05, 3.63) is 83.4 Å². The molecule has 3 aromatic carbocycles. The van der Waals surface area contributed by atoms with Gasteiger partial charge in [0.25, 0.3) is 0 Å². The number of benzene rings is 3. The van der Waals surface area contributed by atoms with E-state index in [4.69, 9.17) is 4.74 Å². The van der Waals surface area contributed by atoms with Crippen LogP contribution >= 0.6 is 0 Å². The minimum atomic E-state index is -3.55. The number of aromatic hydroxyl groups is 1. The Morgan fingerprint density at radius 3 is 2.43 bits per heavy atom. The molecule has 4 rings (SSSR count). The third-order valence-corrected chi connectivity index (χ3v) is 8.01. The Hall–Kier alpha value is -2.87. The second-order valence-corrected chi connectivity index (χ2v) is 11.3. The van der Waals surface area contributed by atoms with E-state index in [0.717, 1.165) is 49.2 Å². The van der Waals surface area contributed by atoms with Crippen molar-refractivity contribution >= 4 is 10.0 Å². The number of para-hydroxylation sites is 1. The van der Waals surface area contributed by atoms with Gasteiger partial charge in [0, 0.05) is 12.6 Å². The molecule has 1 fully saturated rings. The highest BCUT2D eigenvalue weighted by atomic mass is 32.2. The summed E-state index contributed by atoms with van der Waals surface area (Å²) in [4.78, 5) is 2.77. The zero-order chi connectivity index (χ0) is 25.0. The molecule has 3 aromatic rings. The Kier molecular flexibility index (Phi) is 7.79. The normalized spacial score (nSPS) is 15.4. The van der Waals surface area contributed by atoms with Crippen molar-refractivity contribution in [2.24, 2.45) is 0 Å². The fourth-order valence-corrected chi connectivity index (χ4v) is 6.15. The molecule has 6 nitrogen and oxygen atoms in total. The first-order valence-electron chi connectivity index (χ1n) is 12.1. The summed E-state index contributed by atoms with van der Waals surface area (Å²) in [6.07, 6.45) is 1.78. The average Bonchev–Trinajstić information content (AvgIpc) is 2.81. The molecule has 1 aliphatic rings. The summed E-state index contributed by atoms with van der Waals surface area (Å²) in [6, 6.07) is 20.4. The second kappa shape index (κ2) is 10.8. The molecule has 1 aliphatic heterocycles.